The Morgan fingerprint density at radius 1 is 0.917 bits per heavy atom. The van der Waals surface area contributed by atoms with Gasteiger partial charge in [0.2, 0.25) is 0 Å². The molecule has 0 bridgehead atoms. The van der Waals surface area contributed by atoms with Crippen LogP contribution in [-0.4, -0.2) is 25.0 Å². The quantitative estimate of drug-likeness (QED) is 0.374. The molecule has 0 aliphatic heterocycles. The molecule has 1 rings (SSSR count). The molecule has 0 saturated carbocycles. The lowest BCUT2D eigenvalue weighted by atomic mass is 10.0. The second-order valence-corrected chi connectivity index (χ2v) is 9.35. The number of aryl methyl sites for hydroxylation is 2. The van der Waals surface area contributed by atoms with E-state index in [1.807, 2.05) is 19.1 Å². The van der Waals surface area contributed by atoms with E-state index in [-0.39, 0.29) is 16.6 Å². The van der Waals surface area contributed by atoms with Gasteiger partial charge in [-0.1, -0.05) is 82.4 Å². The molecule has 0 fully saturated rings. The Morgan fingerprint density at radius 3 is 2.00 bits per heavy atom. The molecule has 136 valence electrons. The number of rotatable bonds is 13. The van der Waals surface area contributed by atoms with Crippen molar-refractivity contribution in [2.75, 3.05) is 0 Å². The summed E-state index contributed by atoms with van der Waals surface area (Å²) < 4.78 is 28.9. The van der Waals surface area contributed by atoms with Crippen LogP contribution in [0.5, 0.6) is 0 Å². The fraction of sp³-hybridized carbons (Fsp3) is 0.684. The molecule has 0 aliphatic carbocycles. The Labute approximate surface area is 157 Å². The first kappa shape index (κ1) is 21.7. The lowest BCUT2D eigenvalue weighted by Crippen LogP contribution is -2.07. The second kappa shape index (κ2) is 12.1. The van der Waals surface area contributed by atoms with E-state index in [0.717, 1.165) is 24.0 Å². The van der Waals surface area contributed by atoms with Crippen molar-refractivity contribution in [2.45, 2.75) is 89.4 Å². The smallest absolute Gasteiger partial charge is 0.403 e. The van der Waals surface area contributed by atoms with Gasteiger partial charge >= 0.3 is 16.6 Å². The molecule has 1 aromatic carbocycles. The van der Waals surface area contributed by atoms with Crippen molar-refractivity contribution in [3.63, 3.8) is 0 Å². The molecule has 0 N–H and O–H groups in total. The Bertz CT molecular complexity index is 570. The van der Waals surface area contributed by atoms with E-state index in [1.54, 1.807) is 6.07 Å². The van der Waals surface area contributed by atoms with Gasteiger partial charge in [0.05, 0.1) is 4.90 Å². The minimum absolute atomic E-state index is 0.197. The van der Waals surface area contributed by atoms with Gasteiger partial charge in [-0.05, 0) is 31.4 Å². The minimum Gasteiger partial charge on any atom is -0.403 e. The third-order valence-electron chi connectivity index (χ3n) is 4.50. The number of unbranched alkanes of at least 4 members (excludes halogenated alkanes) is 9. The van der Waals surface area contributed by atoms with Crippen molar-refractivity contribution < 1.29 is 11.7 Å². The van der Waals surface area contributed by atoms with E-state index in [2.05, 4.69) is 6.92 Å². The summed E-state index contributed by atoms with van der Waals surface area (Å²) in [5, 5.41) is 0. The van der Waals surface area contributed by atoms with Crippen LogP contribution in [0.15, 0.2) is 23.1 Å². The van der Waals surface area contributed by atoms with Gasteiger partial charge in [0.15, 0.2) is 0 Å². The van der Waals surface area contributed by atoms with E-state index in [4.69, 9.17) is 3.23 Å². The molecule has 0 aliphatic rings. The molecule has 5 heteroatoms. The highest BCUT2D eigenvalue weighted by Gasteiger charge is 2.16. The number of hydrogen-bond donors (Lipinski definition) is 0. The van der Waals surface area contributed by atoms with Crippen molar-refractivity contribution in [1.29, 1.82) is 0 Å². The number of hydrogen-bond acceptors (Lipinski definition) is 3. The molecular weight excluding hydrogens is 335 g/mol. The average Bonchev–Trinajstić information content (AvgIpc) is 2.56. The SMILES string of the molecule is CCCCCCCCCCCCc1cc(C)ccc1S(=O)(=O)[O][AlH2]. The Morgan fingerprint density at radius 2 is 1.46 bits per heavy atom. The Kier molecular flexibility index (Phi) is 10.9. The monoisotopic (exact) mass is 368 g/mol. The highest BCUT2D eigenvalue weighted by atomic mass is 32.2. The molecule has 0 unspecified atom stereocenters. The zero-order valence-electron chi connectivity index (χ0n) is 15.6. The Balaban J connectivity index is 2.31. The van der Waals surface area contributed by atoms with E-state index in [9.17, 15) is 8.42 Å². The minimum atomic E-state index is -3.55. The van der Waals surface area contributed by atoms with Crippen LogP contribution in [0, 0.1) is 6.92 Å². The topological polar surface area (TPSA) is 43.4 Å². The zero-order valence-corrected chi connectivity index (χ0v) is 18.5. The fourth-order valence-corrected chi connectivity index (χ4v) is 4.48. The summed E-state index contributed by atoms with van der Waals surface area (Å²) in [7, 11) is -3.55. The third-order valence-corrected chi connectivity index (χ3v) is 7.20. The van der Waals surface area contributed by atoms with Gasteiger partial charge in [0, 0.05) is 0 Å². The second-order valence-electron chi connectivity index (χ2n) is 6.66. The molecular formula is C19H33AlO3S. The largest absolute Gasteiger partial charge is 0.437 e. The molecule has 0 saturated heterocycles. The standard InChI is InChI=1S/C19H32O3S.Al.2H/c1-3-4-5-6-7-8-9-10-11-12-13-18-16-17(2)14-15-19(18)23(20,21)22;;;/h14-16H,3-13H2,1-2H3,(H,20,21,22);;;/q;+1;;/p-1. The molecule has 0 aromatic heterocycles. The van der Waals surface area contributed by atoms with Crippen LogP contribution in [0.4, 0.5) is 0 Å². The summed E-state index contributed by atoms with van der Waals surface area (Å²) in [6, 6.07) is 5.52. The summed E-state index contributed by atoms with van der Waals surface area (Å²) in [6.07, 6.45) is 13.7. The lowest BCUT2D eigenvalue weighted by Gasteiger charge is -2.11. The lowest BCUT2D eigenvalue weighted by molar-refractivity contribution is 0.506. The van der Waals surface area contributed by atoms with Gasteiger partial charge < -0.3 is 3.23 Å². The van der Waals surface area contributed by atoms with E-state index in [1.165, 1.54) is 57.8 Å². The molecule has 0 atom stereocenters. The highest BCUT2D eigenvalue weighted by molar-refractivity contribution is 7.87. The number of benzene rings is 1. The first-order valence-electron chi connectivity index (χ1n) is 9.41. The van der Waals surface area contributed by atoms with Crippen LogP contribution in [-0.2, 0) is 19.8 Å². The van der Waals surface area contributed by atoms with E-state index < -0.39 is 10.1 Å². The summed E-state index contributed by atoms with van der Waals surface area (Å²) in [4.78, 5) is 0.360. The van der Waals surface area contributed by atoms with Gasteiger partial charge in [0.1, 0.15) is 0 Å². The van der Waals surface area contributed by atoms with Gasteiger partial charge in [-0.25, -0.2) is 0 Å². The molecule has 1 aromatic rings. The summed E-state index contributed by atoms with van der Waals surface area (Å²) >= 11 is 0.197. The fourth-order valence-electron chi connectivity index (χ4n) is 3.04. The first-order valence-corrected chi connectivity index (χ1v) is 11.6. The molecule has 24 heavy (non-hydrogen) atoms. The maximum absolute atomic E-state index is 12.0. The van der Waals surface area contributed by atoms with Crippen molar-refractivity contribution in [3.05, 3.63) is 29.3 Å². The summed E-state index contributed by atoms with van der Waals surface area (Å²) in [5.74, 6) is 0. The normalized spacial score (nSPS) is 11.8. The average molecular weight is 369 g/mol. The Hall–Kier alpha value is -0.338. The maximum atomic E-state index is 12.0. The van der Waals surface area contributed by atoms with Crippen molar-refractivity contribution in [3.8, 4) is 0 Å². The predicted octanol–water partition coefficient (Wildman–Crippen LogP) is 4.71. The molecule has 0 radical (unpaired) electrons. The van der Waals surface area contributed by atoms with Gasteiger partial charge in [-0.3, -0.25) is 0 Å². The van der Waals surface area contributed by atoms with Crippen LogP contribution < -0.4 is 0 Å². The van der Waals surface area contributed by atoms with Gasteiger partial charge in [-0.15, -0.1) is 0 Å². The zero-order chi connectivity index (χ0) is 17.8. The van der Waals surface area contributed by atoms with E-state index >= 15 is 0 Å². The van der Waals surface area contributed by atoms with Crippen molar-refractivity contribution >= 4 is 26.7 Å². The maximum Gasteiger partial charge on any atom is 0.437 e. The molecule has 0 amide bonds. The van der Waals surface area contributed by atoms with Gasteiger partial charge in [0.25, 0.3) is 10.1 Å². The van der Waals surface area contributed by atoms with Crippen LogP contribution in [0.3, 0.4) is 0 Å². The third kappa shape index (κ3) is 8.16. The summed E-state index contributed by atoms with van der Waals surface area (Å²) in [6.45, 7) is 4.25. The van der Waals surface area contributed by atoms with E-state index in [0.29, 0.717) is 4.90 Å². The van der Waals surface area contributed by atoms with Crippen LogP contribution >= 0.6 is 0 Å². The first-order chi connectivity index (χ1) is 11.5. The molecule has 3 nitrogen and oxygen atoms in total. The highest BCUT2D eigenvalue weighted by Crippen LogP contribution is 2.21. The van der Waals surface area contributed by atoms with Crippen molar-refractivity contribution in [2.24, 2.45) is 0 Å². The molecule has 0 spiro atoms. The molecule has 0 heterocycles. The van der Waals surface area contributed by atoms with Gasteiger partial charge in [-0.2, -0.15) is 8.42 Å². The van der Waals surface area contributed by atoms with Crippen LogP contribution in [0.2, 0.25) is 0 Å². The predicted molar refractivity (Wildman–Crippen MR) is 104 cm³/mol. The van der Waals surface area contributed by atoms with Crippen LogP contribution in [0.1, 0.15) is 82.3 Å². The van der Waals surface area contributed by atoms with Crippen molar-refractivity contribution in [1.82, 2.24) is 0 Å². The van der Waals surface area contributed by atoms with Crippen LogP contribution in [0.25, 0.3) is 0 Å². The summed E-state index contributed by atoms with van der Waals surface area (Å²) in [5.41, 5.74) is 2.01.